The monoisotopic (exact) mass is 358 g/mol. The Hall–Kier alpha value is -1.96. The topological polar surface area (TPSA) is 48.9 Å². The maximum absolute atomic E-state index is 12.5. The first-order valence-corrected chi connectivity index (χ1v) is 8.41. The van der Waals surface area contributed by atoms with Gasteiger partial charge in [0, 0.05) is 32.2 Å². The molecule has 0 amide bonds. The van der Waals surface area contributed by atoms with Gasteiger partial charge >= 0.3 is 6.36 Å². The van der Waals surface area contributed by atoms with E-state index in [2.05, 4.69) is 32.2 Å². The summed E-state index contributed by atoms with van der Waals surface area (Å²) in [6, 6.07) is 6.08. The number of halogens is 3. The van der Waals surface area contributed by atoms with Gasteiger partial charge in [0.05, 0.1) is 0 Å². The van der Waals surface area contributed by atoms with E-state index in [1.807, 2.05) is 0 Å². The van der Waals surface area contributed by atoms with Gasteiger partial charge in [-0.3, -0.25) is 4.99 Å². The molecule has 1 aromatic rings. The molecule has 2 N–H and O–H groups in total. The summed E-state index contributed by atoms with van der Waals surface area (Å²) in [5.41, 5.74) is 0.417. The SMILES string of the molecule is CCN1CCC(CNC(=NC)NCc2ccccc2OC(F)(F)F)C1. The molecule has 0 aliphatic carbocycles. The Kier molecular flexibility index (Phi) is 6.92. The maximum Gasteiger partial charge on any atom is 0.573 e. The Bertz CT molecular complexity index is 577. The minimum atomic E-state index is -4.70. The van der Waals surface area contributed by atoms with Crippen LogP contribution in [0.25, 0.3) is 0 Å². The first kappa shape index (κ1) is 19.4. The van der Waals surface area contributed by atoms with Gasteiger partial charge in [0.1, 0.15) is 5.75 Å². The first-order valence-electron chi connectivity index (χ1n) is 8.41. The molecule has 1 saturated heterocycles. The second-order valence-corrected chi connectivity index (χ2v) is 6.01. The molecule has 0 saturated carbocycles. The Labute approximate surface area is 146 Å². The molecule has 1 aliphatic rings. The predicted octanol–water partition coefficient (Wildman–Crippen LogP) is 2.59. The van der Waals surface area contributed by atoms with Crippen LogP contribution < -0.4 is 15.4 Å². The lowest BCUT2D eigenvalue weighted by Gasteiger charge is -2.17. The highest BCUT2D eigenvalue weighted by atomic mass is 19.4. The highest BCUT2D eigenvalue weighted by molar-refractivity contribution is 5.79. The summed E-state index contributed by atoms with van der Waals surface area (Å²) >= 11 is 0. The van der Waals surface area contributed by atoms with Crippen molar-refractivity contribution in [3.63, 3.8) is 0 Å². The van der Waals surface area contributed by atoms with E-state index in [4.69, 9.17) is 0 Å². The van der Waals surface area contributed by atoms with Crippen LogP contribution in [0.2, 0.25) is 0 Å². The minimum Gasteiger partial charge on any atom is -0.405 e. The highest BCUT2D eigenvalue weighted by Crippen LogP contribution is 2.26. The highest BCUT2D eigenvalue weighted by Gasteiger charge is 2.32. The van der Waals surface area contributed by atoms with Crippen LogP contribution >= 0.6 is 0 Å². The van der Waals surface area contributed by atoms with E-state index in [1.165, 1.54) is 12.1 Å². The number of ether oxygens (including phenoxy) is 1. The van der Waals surface area contributed by atoms with Gasteiger partial charge in [0.15, 0.2) is 5.96 Å². The van der Waals surface area contributed by atoms with Crippen molar-refractivity contribution in [1.29, 1.82) is 0 Å². The quantitative estimate of drug-likeness (QED) is 0.606. The minimum absolute atomic E-state index is 0.192. The summed E-state index contributed by atoms with van der Waals surface area (Å²) in [6.07, 6.45) is -3.57. The summed E-state index contributed by atoms with van der Waals surface area (Å²) in [4.78, 5) is 6.52. The molecule has 5 nitrogen and oxygen atoms in total. The van der Waals surface area contributed by atoms with E-state index in [1.54, 1.807) is 19.2 Å². The molecule has 1 aliphatic heterocycles. The first-order chi connectivity index (χ1) is 11.9. The normalized spacial score (nSPS) is 19.1. The van der Waals surface area contributed by atoms with Crippen molar-refractivity contribution < 1.29 is 17.9 Å². The summed E-state index contributed by atoms with van der Waals surface area (Å²) in [5.74, 6) is 0.920. The van der Waals surface area contributed by atoms with Crippen molar-refractivity contribution in [2.24, 2.45) is 10.9 Å². The maximum atomic E-state index is 12.5. The standard InChI is InChI=1S/C17H25F3N4O/c1-3-24-9-8-13(12-24)10-22-16(21-2)23-11-14-6-4-5-7-15(14)25-17(18,19)20/h4-7,13H,3,8-12H2,1-2H3,(H2,21,22,23). The summed E-state index contributed by atoms with van der Waals surface area (Å²) in [6.45, 7) is 6.35. The molecule has 0 bridgehead atoms. The number of nitrogens with one attached hydrogen (secondary N) is 2. The fourth-order valence-electron chi connectivity index (χ4n) is 2.88. The number of aliphatic imine (C=N–C) groups is 1. The van der Waals surface area contributed by atoms with Crippen molar-refractivity contribution in [2.75, 3.05) is 33.2 Å². The number of likely N-dealkylation sites (tertiary alicyclic amines) is 1. The van der Waals surface area contributed by atoms with E-state index in [-0.39, 0.29) is 12.3 Å². The predicted molar refractivity (Wildman–Crippen MR) is 91.5 cm³/mol. The summed E-state index contributed by atoms with van der Waals surface area (Å²) < 4.78 is 41.4. The van der Waals surface area contributed by atoms with Crippen LogP contribution in [0, 0.1) is 5.92 Å². The molecule has 1 heterocycles. The molecule has 1 aromatic carbocycles. The Balaban J connectivity index is 1.85. The summed E-state index contributed by atoms with van der Waals surface area (Å²) in [7, 11) is 1.64. The van der Waals surface area contributed by atoms with Crippen LogP contribution in [0.3, 0.4) is 0 Å². The Morgan fingerprint density at radius 1 is 1.32 bits per heavy atom. The van der Waals surface area contributed by atoms with Crippen molar-refractivity contribution >= 4 is 5.96 Å². The van der Waals surface area contributed by atoms with Gasteiger partial charge in [0.25, 0.3) is 0 Å². The number of guanidine groups is 1. The molecule has 8 heteroatoms. The van der Waals surface area contributed by atoms with Crippen molar-refractivity contribution in [3.05, 3.63) is 29.8 Å². The van der Waals surface area contributed by atoms with Gasteiger partial charge in [-0.25, -0.2) is 0 Å². The number of benzene rings is 1. The molecule has 1 unspecified atom stereocenters. The lowest BCUT2D eigenvalue weighted by molar-refractivity contribution is -0.274. The molecular formula is C17H25F3N4O. The van der Waals surface area contributed by atoms with Crippen LogP contribution in [-0.2, 0) is 6.54 Å². The van der Waals surface area contributed by atoms with Crippen LogP contribution in [0.15, 0.2) is 29.3 Å². The smallest absolute Gasteiger partial charge is 0.405 e. The number of hydrogen-bond donors (Lipinski definition) is 2. The second kappa shape index (κ2) is 8.94. The zero-order valence-corrected chi connectivity index (χ0v) is 14.6. The molecule has 25 heavy (non-hydrogen) atoms. The van der Waals surface area contributed by atoms with E-state index in [0.717, 1.165) is 32.6 Å². The fraction of sp³-hybridized carbons (Fsp3) is 0.588. The zero-order chi connectivity index (χ0) is 18.3. The lowest BCUT2D eigenvalue weighted by atomic mass is 10.1. The molecule has 1 fully saturated rings. The number of rotatable bonds is 6. The van der Waals surface area contributed by atoms with E-state index < -0.39 is 6.36 Å². The van der Waals surface area contributed by atoms with Gasteiger partial charge in [-0.15, -0.1) is 13.2 Å². The number of alkyl halides is 3. The molecule has 0 aromatic heterocycles. The van der Waals surface area contributed by atoms with Gasteiger partial charge in [-0.2, -0.15) is 0 Å². The second-order valence-electron chi connectivity index (χ2n) is 6.01. The summed E-state index contributed by atoms with van der Waals surface area (Å²) in [5, 5.41) is 6.28. The van der Waals surface area contributed by atoms with Gasteiger partial charge in [0.2, 0.25) is 0 Å². The number of para-hydroxylation sites is 1. The average Bonchev–Trinajstić information content (AvgIpc) is 3.03. The van der Waals surface area contributed by atoms with Crippen LogP contribution in [-0.4, -0.2) is 50.4 Å². The third kappa shape index (κ3) is 6.45. The zero-order valence-electron chi connectivity index (χ0n) is 14.6. The fourth-order valence-corrected chi connectivity index (χ4v) is 2.88. The van der Waals surface area contributed by atoms with Crippen LogP contribution in [0.4, 0.5) is 13.2 Å². The van der Waals surface area contributed by atoms with Crippen molar-refractivity contribution in [2.45, 2.75) is 26.3 Å². The molecule has 2 rings (SSSR count). The molecule has 140 valence electrons. The van der Waals surface area contributed by atoms with Crippen molar-refractivity contribution in [3.8, 4) is 5.75 Å². The Morgan fingerprint density at radius 2 is 2.08 bits per heavy atom. The lowest BCUT2D eigenvalue weighted by Crippen LogP contribution is -2.40. The third-order valence-corrected chi connectivity index (χ3v) is 4.24. The molecule has 1 atom stereocenters. The van der Waals surface area contributed by atoms with Crippen LogP contribution in [0.5, 0.6) is 5.75 Å². The van der Waals surface area contributed by atoms with E-state index in [9.17, 15) is 13.2 Å². The van der Waals surface area contributed by atoms with Crippen LogP contribution in [0.1, 0.15) is 18.9 Å². The third-order valence-electron chi connectivity index (χ3n) is 4.24. The Morgan fingerprint density at radius 3 is 2.72 bits per heavy atom. The molecular weight excluding hydrogens is 333 g/mol. The van der Waals surface area contributed by atoms with E-state index >= 15 is 0 Å². The number of nitrogens with zero attached hydrogens (tertiary/aromatic N) is 2. The largest absolute Gasteiger partial charge is 0.573 e. The van der Waals surface area contributed by atoms with E-state index in [0.29, 0.717) is 17.4 Å². The average molecular weight is 358 g/mol. The van der Waals surface area contributed by atoms with Crippen molar-refractivity contribution in [1.82, 2.24) is 15.5 Å². The van der Waals surface area contributed by atoms with Gasteiger partial charge < -0.3 is 20.3 Å². The molecule has 0 spiro atoms. The number of hydrogen-bond acceptors (Lipinski definition) is 3. The van der Waals surface area contributed by atoms with Gasteiger partial charge in [-0.05, 0) is 31.5 Å². The van der Waals surface area contributed by atoms with Gasteiger partial charge in [-0.1, -0.05) is 25.1 Å². The molecule has 0 radical (unpaired) electrons.